The van der Waals surface area contributed by atoms with Gasteiger partial charge in [-0.05, 0) is 12.1 Å². The molecule has 0 atom stereocenters. The van der Waals surface area contributed by atoms with Gasteiger partial charge in [0.15, 0.2) is 0 Å². The standard InChI is InChI=1S/C14H14F3N3O2/c1-20-13(7-11(18-20)14(16)17)22-8-12(19-21-2)9-5-3-4-6-10(9)15/h3-7,14H,8H2,1-2H3. The first kappa shape index (κ1) is 15.9. The van der Waals surface area contributed by atoms with Crippen molar-refractivity contribution >= 4 is 5.71 Å². The summed E-state index contributed by atoms with van der Waals surface area (Å²) < 4.78 is 45.5. The average Bonchev–Trinajstić information content (AvgIpc) is 2.86. The Kier molecular flexibility index (Phi) is 5.03. The van der Waals surface area contributed by atoms with E-state index in [2.05, 4.69) is 15.1 Å². The zero-order valence-electron chi connectivity index (χ0n) is 12.0. The molecule has 0 radical (unpaired) electrons. The summed E-state index contributed by atoms with van der Waals surface area (Å²) >= 11 is 0. The molecule has 5 nitrogen and oxygen atoms in total. The fourth-order valence-corrected chi connectivity index (χ4v) is 1.81. The molecule has 0 saturated carbocycles. The predicted molar refractivity (Wildman–Crippen MR) is 73.6 cm³/mol. The molecule has 0 N–H and O–H groups in total. The second-order valence-electron chi connectivity index (χ2n) is 4.32. The smallest absolute Gasteiger partial charge is 0.282 e. The third kappa shape index (κ3) is 3.57. The van der Waals surface area contributed by atoms with Crippen LogP contribution in [0.4, 0.5) is 13.2 Å². The van der Waals surface area contributed by atoms with Crippen LogP contribution in [0, 0.1) is 5.82 Å². The lowest BCUT2D eigenvalue weighted by atomic mass is 10.1. The van der Waals surface area contributed by atoms with E-state index < -0.39 is 17.9 Å². The molecule has 8 heteroatoms. The Balaban J connectivity index is 2.17. The third-order valence-corrected chi connectivity index (χ3v) is 2.82. The van der Waals surface area contributed by atoms with E-state index in [0.29, 0.717) is 0 Å². The lowest BCUT2D eigenvalue weighted by Crippen LogP contribution is -2.16. The van der Waals surface area contributed by atoms with Gasteiger partial charge in [-0.2, -0.15) is 5.10 Å². The van der Waals surface area contributed by atoms with E-state index in [4.69, 9.17) is 4.74 Å². The van der Waals surface area contributed by atoms with Gasteiger partial charge in [0, 0.05) is 18.7 Å². The highest BCUT2D eigenvalue weighted by Gasteiger charge is 2.16. The normalized spacial score (nSPS) is 11.8. The number of benzene rings is 1. The SMILES string of the molecule is CON=C(COc1cc(C(F)F)nn1C)c1ccccc1F. The van der Waals surface area contributed by atoms with Gasteiger partial charge in [-0.25, -0.2) is 17.9 Å². The summed E-state index contributed by atoms with van der Waals surface area (Å²) in [6.45, 7) is -0.156. The summed E-state index contributed by atoms with van der Waals surface area (Å²) in [7, 11) is 2.79. The maximum Gasteiger partial charge on any atom is 0.282 e. The first-order valence-electron chi connectivity index (χ1n) is 6.32. The second-order valence-corrected chi connectivity index (χ2v) is 4.32. The number of nitrogens with zero attached hydrogens (tertiary/aromatic N) is 3. The van der Waals surface area contributed by atoms with Crippen molar-refractivity contribution in [2.45, 2.75) is 6.43 Å². The Morgan fingerprint density at radius 1 is 1.36 bits per heavy atom. The summed E-state index contributed by atoms with van der Waals surface area (Å²) in [6.07, 6.45) is -2.69. The van der Waals surface area contributed by atoms with E-state index >= 15 is 0 Å². The van der Waals surface area contributed by atoms with Crippen LogP contribution < -0.4 is 4.74 Å². The Morgan fingerprint density at radius 2 is 2.09 bits per heavy atom. The Labute approximate surface area is 124 Å². The number of halogens is 3. The van der Waals surface area contributed by atoms with E-state index in [1.807, 2.05) is 0 Å². The van der Waals surface area contributed by atoms with Gasteiger partial charge in [-0.1, -0.05) is 17.3 Å². The fraction of sp³-hybridized carbons (Fsp3) is 0.286. The monoisotopic (exact) mass is 313 g/mol. The molecule has 0 aliphatic carbocycles. The number of ether oxygens (including phenoxy) is 1. The van der Waals surface area contributed by atoms with Gasteiger partial charge >= 0.3 is 0 Å². The minimum Gasteiger partial charge on any atom is -0.471 e. The zero-order valence-corrected chi connectivity index (χ0v) is 12.0. The number of oxime groups is 1. The molecule has 0 unspecified atom stereocenters. The molecule has 0 fully saturated rings. The van der Waals surface area contributed by atoms with E-state index in [1.165, 1.54) is 31.0 Å². The summed E-state index contributed by atoms with van der Waals surface area (Å²) in [4.78, 5) is 4.67. The lowest BCUT2D eigenvalue weighted by molar-refractivity contribution is 0.145. The molecule has 1 aromatic carbocycles. The fourth-order valence-electron chi connectivity index (χ4n) is 1.81. The zero-order chi connectivity index (χ0) is 16.1. The van der Waals surface area contributed by atoms with E-state index in [1.54, 1.807) is 12.1 Å². The predicted octanol–water partition coefficient (Wildman–Crippen LogP) is 2.93. The van der Waals surface area contributed by atoms with Crippen molar-refractivity contribution in [3.63, 3.8) is 0 Å². The van der Waals surface area contributed by atoms with E-state index in [9.17, 15) is 13.2 Å². The molecule has 118 valence electrons. The number of hydrogen-bond donors (Lipinski definition) is 0. The maximum absolute atomic E-state index is 13.8. The van der Waals surface area contributed by atoms with Crippen molar-refractivity contribution in [1.29, 1.82) is 0 Å². The van der Waals surface area contributed by atoms with Crippen molar-refractivity contribution < 1.29 is 22.7 Å². The largest absolute Gasteiger partial charge is 0.471 e. The van der Waals surface area contributed by atoms with E-state index in [0.717, 1.165) is 6.07 Å². The summed E-state index contributed by atoms with van der Waals surface area (Å²) in [5.41, 5.74) is 0.00891. The van der Waals surface area contributed by atoms with Crippen molar-refractivity contribution in [3.05, 3.63) is 47.4 Å². The molecule has 0 amide bonds. The average molecular weight is 313 g/mol. The molecule has 0 saturated heterocycles. The highest BCUT2D eigenvalue weighted by Crippen LogP contribution is 2.22. The van der Waals surface area contributed by atoms with Gasteiger partial charge in [0.2, 0.25) is 5.88 Å². The van der Waals surface area contributed by atoms with Crippen LogP contribution >= 0.6 is 0 Å². The van der Waals surface area contributed by atoms with E-state index in [-0.39, 0.29) is 23.8 Å². The molecule has 0 aliphatic heterocycles. The van der Waals surface area contributed by atoms with Crippen molar-refractivity contribution in [3.8, 4) is 5.88 Å². The summed E-state index contributed by atoms with van der Waals surface area (Å²) in [5, 5.41) is 7.34. The minimum atomic E-state index is -2.69. The van der Waals surface area contributed by atoms with Gasteiger partial charge in [0.25, 0.3) is 6.43 Å². The Hall–Kier alpha value is -2.51. The molecule has 22 heavy (non-hydrogen) atoms. The van der Waals surface area contributed by atoms with Crippen LogP contribution in [0.15, 0.2) is 35.5 Å². The van der Waals surface area contributed by atoms with Crippen LogP contribution in [0.1, 0.15) is 17.7 Å². The lowest BCUT2D eigenvalue weighted by Gasteiger charge is -2.09. The van der Waals surface area contributed by atoms with Gasteiger partial charge in [-0.15, -0.1) is 0 Å². The van der Waals surface area contributed by atoms with Crippen LogP contribution in [-0.2, 0) is 11.9 Å². The Morgan fingerprint density at radius 3 is 2.68 bits per heavy atom. The van der Waals surface area contributed by atoms with Gasteiger partial charge in [-0.3, -0.25) is 0 Å². The number of rotatable bonds is 6. The van der Waals surface area contributed by atoms with Gasteiger partial charge in [0.1, 0.15) is 30.9 Å². The molecule has 2 rings (SSSR count). The van der Waals surface area contributed by atoms with Crippen LogP contribution in [0.3, 0.4) is 0 Å². The van der Waals surface area contributed by atoms with Crippen LogP contribution in [-0.4, -0.2) is 29.2 Å². The van der Waals surface area contributed by atoms with Crippen molar-refractivity contribution in [1.82, 2.24) is 9.78 Å². The second kappa shape index (κ2) is 6.97. The molecule has 0 spiro atoms. The highest BCUT2D eigenvalue weighted by atomic mass is 19.3. The van der Waals surface area contributed by atoms with Gasteiger partial charge in [0.05, 0.1) is 0 Å². The molecule has 2 aromatic rings. The minimum absolute atomic E-state index is 0.121. The molecule has 1 aromatic heterocycles. The third-order valence-electron chi connectivity index (χ3n) is 2.82. The maximum atomic E-state index is 13.8. The number of aryl methyl sites for hydroxylation is 1. The molecular formula is C14H14F3N3O2. The van der Waals surface area contributed by atoms with Crippen LogP contribution in [0.2, 0.25) is 0 Å². The van der Waals surface area contributed by atoms with Crippen LogP contribution in [0.5, 0.6) is 5.88 Å². The molecule has 1 heterocycles. The van der Waals surface area contributed by atoms with Crippen LogP contribution in [0.25, 0.3) is 0 Å². The molecule has 0 bridgehead atoms. The van der Waals surface area contributed by atoms with Gasteiger partial charge < -0.3 is 9.57 Å². The number of hydrogen-bond acceptors (Lipinski definition) is 4. The van der Waals surface area contributed by atoms with Crippen molar-refractivity contribution in [2.75, 3.05) is 13.7 Å². The molecular weight excluding hydrogens is 299 g/mol. The first-order chi connectivity index (χ1) is 10.5. The first-order valence-corrected chi connectivity index (χ1v) is 6.32. The molecule has 0 aliphatic rings. The summed E-state index contributed by atoms with van der Waals surface area (Å²) in [5.74, 6) is -0.365. The van der Waals surface area contributed by atoms with Crippen molar-refractivity contribution in [2.24, 2.45) is 12.2 Å². The topological polar surface area (TPSA) is 48.6 Å². The number of alkyl halides is 2. The highest BCUT2D eigenvalue weighted by molar-refractivity contribution is 6.01. The number of aromatic nitrogens is 2. The summed E-state index contributed by atoms with van der Waals surface area (Å²) in [6, 6.07) is 7.10. The quantitative estimate of drug-likeness (QED) is 0.608. The Bertz CT molecular complexity index is 671.